The van der Waals surface area contributed by atoms with Gasteiger partial charge < -0.3 is 34.9 Å². The van der Waals surface area contributed by atoms with Gasteiger partial charge in [0.25, 0.3) is 5.56 Å². The van der Waals surface area contributed by atoms with Gasteiger partial charge in [-0.2, -0.15) is 0 Å². The summed E-state index contributed by atoms with van der Waals surface area (Å²) in [5.74, 6) is -1.10. The van der Waals surface area contributed by atoms with Crippen molar-refractivity contribution in [3.05, 3.63) is 87.3 Å². The number of carboxylic acids is 1. The summed E-state index contributed by atoms with van der Waals surface area (Å²) >= 11 is 6.18. The third-order valence-electron chi connectivity index (χ3n) is 5.18. The van der Waals surface area contributed by atoms with Crippen molar-refractivity contribution in [1.29, 1.82) is 0 Å². The average molecular weight is 516 g/mol. The lowest BCUT2D eigenvalue weighted by molar-refractivity contribution is -0.137. The SMILES string of the molecule is COCCOc1cccc([C@H](CC(=O)O)NC(=O)Nc2c(O)ccn(Cc3ccccc3Cl)c2=O)c1. The maximum Gasteiger partial charge on any atom is 0.319 e. The van der Waals surface area contributed by atoms with Gasteiger partial charge >= 0.3 is 12.0 Å². The number of benzene rings is 2. The number of urea groups is 1. The van der Waals surface area contributed by atoms with Crippen LogP contribution in [-0.2, 0) is 16.1 Å². The number of halogens is 1. The summed E-state index contributed by atoms with van der Waals surface area (Å²) in [6.45, 7) is 0.788. The summed E-state index contributed by atoms with van der Waals surface area (Å²) < 4.78 is 11.8. The number of hydrogen-bond acceptors (Lipinski definition) is 6. The van der Waals surface area contributed by atoms with Gasteiger partial charge in [0.05, 0.1) is 25.6 Å². The molecule has 3 rings (SSSR count). The molecule has 3 aromatic rings. The number of methoxy groups -OCH3 is 1. The fraction of sp³-hybridized carbons (Fsp3) is 0.240. The number of nitrogens with zero attached hydrogens (tertiary/aromatic N) is 1. The number of pyridine rings is 1. The van der Waals surface area contributed by atoms with Crippen LogP contribution in [0.4, 0.5) is 10.5 Å². The summed E-state index contributed by atoms with van der Waals surface area (Å²) in [4.78, 5) is 37.1. The van der Waals surface area contributed by atoms with Gasteiger partial charge in [0, 0.05) is 18.3 Å². The molecule has 0 fully saturated rings. The molecule has 36 heavy (non-hydrogen) atoms. The van der Waals surface area contributed by atoms with Crippen molar-refractivity contribution in [3.63, 3.8) is 0 Å². The van der Waals surface area contributed by atoms with Crippen LogP contribution in [0.1, 0.15) is 23.6 Å². The average Bonchev–Trinajstić information content (AvgIpc) is 2.84. The molecule has 1 atom stereocenters. The maximum absolute atomic E-state index is 12.9. The molecule has 2 amide bonds. The first-order chi connectivity index (χ1) is 17.3. The number of carbonyl (C=O) groups excluding carboxylic acids is 1. The highest BCUT2D eigenvalue weighted by atomic mass is 35.5. The van der Waals surface area contributed by atoms with Crippen molar-refractivity contribution in [2.45, 2.75) is 19.0 Å². The number of amides is 2. The second-order valence-electron chi connectivity index (χ2n) is 7.76. The van der Waals surface area contributed by atoms with Gasteiger partial charge in [-0.25, -0.2) is 4.79 Å². The van der Waals surface area contributed by atoms with Gasteiger partial charge in [-0.05, 0) is 35.4 Å². The van der Waals surface area contributed by atoms with E-state index < -0.39 is 35.8 Å². The number of carboxylic acid groups (broad SMARTS) is 1. The van der Waals surface area contributed by atoms with Gasteiger partial charge in [-0.15, -0.1) is 0 Å². The molecule has 11 heteroatoms. The Hall–Kier alpha value is -4.02. The zero-order valence-corrected chi connectivity index (χ0v) is 20.2. The summed E-state index contributed by atoms with van der Waals surface area (Å²) in [5.41, 5.74) is 0.147. The lowest BCUT2D eigenvalue weighted by atomic mass is 10.0. The van der Waals surface area contributed by atoms with Crippen molar-refractivity contribution in [3.8, 4) is 11.5 Å². The van der Waals surface area contributed by atoms with Crippen LogP contribution >= 0.6 is 11.6 Å². The molecule has 0 aliphatic carbocycles. The van der Waals surface area contributed by atoms with Crippen LogP contribution in [0.15, 0.2) is 65.6 Å². The Kier molecular flexibility index (Phi) is 9.32. The number of rotatable bonds is 11. The molecular weight excluding hydrogens is 490 g/mol. The predicted molar refractivity (Wildman–Crippen MR) is 134 cm³/mol. The van der Waals surface area contributed by atoms with E-state index in [1.807, 2.05) is 0 Å². The van der Waals surface area contributed by atoms with Crippen LogP contribution in [0.5, 0.6) is 11.5 Å². The number of carbonyl (C=O) groups is 2. The van der Waals surface area contributed by atoms with Crippen LogP contribution < -0.4 is 20.9 Å². The third-order valence-corrected chi connectivity index (χ3v) is 5.55. The number of anilines is 1. The predicted octanol–water partition coefficient (Wildman–Crippen LogP) is 3.62. The number of ether oxygens (including phenoxy) is 2. The van der Waals surface area contributed by atoms with Crippen LogP contribution in [0.3, 0.4) is 0 Å². The van der Waals surface area contributed by atoms with Gasteiger partial charge in [0.2, 0.25) is 0 Å². The summed E-state index contributed by atoms with van der Waals surface area (Å²) in [6.07, 6.45) is 0.957. The Balaban J connectivity index is 1.78. The number of hydrogen-bond donors (Lipinski definition) is 4. The van der Waals surface area contributed by atoms with E-state index in [2.05, 4.69) is 10.6 Å². The Morgan fingerprint density at radius 2 is 1.89 bits per heavy atom. The minimum atomic E-state index is -1.14. The Bertz CT molecular complexity index is 1280. The number of nitrogens with one attached hydrogen (secondary N) is 2. The van der Waals surface area contributed by atoms with Gasteiger partial charge in [0.15, 0.2) is 5.69 Å². The quantitative estimate of drug-likeness (QED) is 0.286. The van der Waals surface area contributed by atoms with E-state index in [0.717, 1.165) is 0 Å². The highest BCUT2D eigenvalue weighted by Crippen LogP contribution is 2.24. The van der Waals surface area contributed by atoms with Crippen LogP contribution in [0.2, 0.25) is 5.02 Å². The molecule has 0 radical (unpaired) electrons. The van der Waals surface area contributed by atoms with E-state index in [-0.39, 0.29) is 12.2 Å². The monoisotopic (exact) mass is 515 g/mol. The van der Waals surface area contributed by atoms with Gasteiger partial charge in [-0.1, -0.05) is 41.9 Å². The number of aliphatic carboxylic acids is 1. The van der Waals surface area contributed by atoms with Crippen LogP contribution in [0.25, 0.3) is 0 Å². The molecule has 0 spiro atoms. The molecule has 0 unspecified atom stereocenters. The zero-order valence-electron chi connectivity index (χ0n) is 19.4. The molecule has 0 aliphatic rings. The molecule has 2 aromatic carbocycles. The van der Waals surface area contributed by atoms with E-state index in [1.54, 1.807) is 55.6 Å². The molecule has 0 bridgehead atoms. The lowest BCUT2D eigenvalue weighted by Crippen LogP contribution is -2.36. The second-order valence-corrected chi connectivity index (χ2v) is 8.17. The van der Waals surface area contributed by atoms with Crippen LogP contribution in [-0.4, -0.2) is 47.1 Å². The van der Waals surface area contributed by atoms with Crippen LogP contribution in [0, 0.1) is 0 Å². The Labute approximate surface area is 212 Å². The van der Waals surface area contributed by atoms with E-state index in [4.69, 9.17) is 21.1 Å². The van der Waals surface area contributed by atoms with E-state index >= 15 is 0 Å². The number of aromatic hydroxyl groups is 1. The molecule has 10 nitrogen and oxygen atoms in total. The molecule has 190 valence electrons. The summed E-state index contributed by atoms with van der Waals surface area (Å²) in [5, 5.41) is 24.9. The third kappa shape index (κ3) is 7.24. The van der Waals surface area contributed by atoms with Crippen molar-refractivity contribution in [2.75, 3.05) is 25.6 Å². The lowest BCUT2D eigenvalue weighted by Gasteiger charge is -2.19. The highest BCUT2D eigenvalue weighted by Gasteiger charge is 2.21. The normalized spacial score (nSPS) is 11.5. The van der Waals surface area contributed by atoms with Crippen molar-refractivity contribution >= 4 is 29.3 Å². The molecule has 0 saturated carbocycles. The van der Waals surface area contributed by atoms with E-state index in [9.17, 15) is 24.6 Å². The molecule has 1 heterocycles. The van der Waals surface area contributed by atoms with Gasteiger partial charge in [0.1, 0.15) is 18.1 Å². The minimum absolute atomic E-state index is 0.118. The van der Waals surface area contributed by atoms with Crippen molar-refractivity contribution < 1.29 is 29.3 Å². The Morgan fingerprint density at radius 3 is 2.61 bits per heavy atom. The summed E-state index contributed by atoms with van der Waals surface area (Å²) in [7, 11) is 1.54. The zero-order chi connectivity index (χ0) is 26.1. The largest absolute Gasteiger partial charge is 0.505 e. The molecular formula is C25H26ClN3O7. The number of aromatic nitrogens is 1. The van der Waals surface area contributed by atoms with E-state index in [1.165, 1.54) is 16.8 Å². The smallest absolute Gasteiger partial charge is 0.319 e. The molecule has 0 aliphatic heterocycles. The first-order valence-electron chi connectivity index (χ1n) is 10.9. The van der Waals surface area contributed by atoms with Gasteiger partial charge in [-0.3, -0.25) is 9.59 Å². The maximum atomic E-state index is 12.9. The fourth-order valence-corrected chi connectivity index (χ4v) is 3.61. The van der Waals surface area contributed by atoms with E-state index in [0.29, 0.717) is 35.1 Å². The van der Waals surface area contributed by atoms with Crippen molar-refractivity contribution in [1.82, 2.24) is 9.88 Å². The summed E-state index contributed by atoms with van der Waals surface area (Å²) in [6, 6.07) is 13.1. The minimum Gasteiger partial charge on any atom is -0.505 e. The molecule has 1 aromatic heterocycles. The first-order valence-corrected chi connectivity index (χ1v) is 11.3. The first kappa shape index (κ1) is 26.6. The van der Waals surface area contributed by atoms with Crippen molar-refractivity contribution in [2.24, 2.45) is 0 Å². The highest BCUT2D eigenvalue weighted by molar-refractivity contribution is 6.31. The second kappa shape index (κ2) is 12.6. The fourth-order valence-electron chi connectivity index (χ4n) is 3.42. The Morgan fingerprint density at radius 1 is 1.11 bits per heavy atom. The standard InChI is InChI=1S/C25H26ClN3O7/c1-35-11-12-36-18-7-4-6-16(13-18)20(14-22(31)32)27-25(34)28-23-21(30)9-10-29(24(23)33)15-17-5-2-3-8-19(17)26/h2-10,13,20,30H,11-12,14-15H2,1H3,(H,31,32)(H2,27,28,34)/t20-/m0/s1. The molecule has 4 N–H and O–H groups in total. The topological polar surface area (TPSA) is 139 Å². The molecule has 0 saturated heterocycles.